The van der Waals surface area contributed by atoms with Gasteiger partial charge in [-0.05, 0) is 57.0 Å². The van der Waals surface area contributed by atoms with Crippen LogP contribution in [0.3, 0.4) is 0 Å². The van der Waals surface area contributed by atoms with E-state index in [1.165, 1.54) is 12.5 Å². The summed E-state index contributed by atoms with van der Waals surface area (Å²) < 4.78 is 11.2. The van der Waals surface area contributed by atoms with Crippen molar-refractivity contribution in [2.24, 2.45) is 0 Å². The molecule has 0 aliphatic carbocycles. The molecular formula is C21H23NO4. The van der Waals surface area contributed by atoms with Crippen molar-refractivity contribution < 1.29 is 19.1 Å². The fourth-order valence-corrected chi connectivity index (χ4v) is 2.86. The zero-order chi connectivity index (χ0) is 18.5. The van der Waals surface area contributed by atoms with Crippen LogP contribution in [0.5, 0.6) is 11.5 Å². The first kappa shape index (κ1) is 18.0. The molecule has 1 heterocycles. The molecule has 3 rings (SSSR count). The topological polar surface area (TPSA) is 55.8 Å². The molecule has 136 valence electrons. The number of unbranched alkanes of at least 4 members (excludes halogenated alkanes) is 1. The maximum atomic E-state index is 12.2. The highest BCUT2D eigenvalue weighted by atomic mass is 16.5. The molecule has 26 heavy (non-hydrogen) atoms. The number of nitrogens with zero attached hydrogens (tertiary/aromatic N) is 1. The fraction of sp³-hybridized carbons (Fsp3) is 0.333. The minimum Gasteiger partial charge on any atom is -0.494 e. The summed E-state index contributed by atoms with van der Waals surface area (Å²) in [5.74, 6) is 1.38. The van der Waals surface area contributed by atoms with E-state index < -0.39 is 0 Å². The molecule has 0 unspecified atom stereocenters. The minimum atomic E-state index is -0.0855. The molecule has 1 amide bonds. The molecule has 0 spiro atoms. The Bertz CT molecular complexity index is 798. The highest BCUT2D eigenvalue weighted by molar-refractivity contribution is 6.01. The molecule has 5 nitrogen and oxygen atoms in total. The molecule has 0 saturated carbocycles. The van der Waals surface area contributed by atoms with Crippen LogP contribution < -0.4 is 14.4 Å². The molecule has 0 saturated heterocycles. The number of amides is 1. The number of benzene rings is 2. The molecule has 1 aliphatic heterocycles. The summed E-state index contributed by atoms with van der Waals surface area (Å²) in [6.07, 6.45) is 1.64. The SMILES string of the molecule is CC(=O)c1ccc2c(c1)N(CCCCOc1ccc(C)cc1)C(=O)CO2. The smallest absolute Gasteiger partial charge is 0.265 e. The van der Waals surface area contributed by atoms with Gasteiger partial charge in [0.25, 0.3) is 5.91 Å². The maximum absolute atomic E-state index is 12.2. The Labute approximate surface area is 153 Å². The molecule has 0 aromatic heterocycles. The Balaban J connectivity index is 1.56. The van der Waals surface area contributed by atoms with Gasteiger partial charge in [-0.3, -0.25) is 9.59 Å². The van der Waals surface area contributed by atoms with Gasteiger partial charge >= 0.3 is 0 Å². The number of hydrogen-bond acceptors (Lipinski definition) is 4. The lowest BCUT2D eigenvalue weighted by Gasteiger charge is -2.29. The van der Waals surface area contributed by atoms with Crippen LogP contribution in [-0.4, -0.2) is 31.4 Å². The second-order valence-corrected chi connectivity index (χ2v) is 6.44. The lowest BCUT2D eigenvalue weighted by atomic mass is 10.1. The summed E-state index contributed by atoms with van der Waals surface area (Å²) >= 11 is 0. The van der Waals surface area contributed by atoms with Crippen LogP contribution in [-0.2, 0) is 4.79 Å². The van der Waals surface area contributed by atoms with Gasteiger partial charge in [-0.2, -0.15) is 0 Å². The number of fused-ring (bicyclic) bond motifs is 1. The lowest BCUT2D eigenvalue weighted by Crippen LogP contribution is -2.39. The number of anilines is 1. The molecule has 0 atom stereocenters. The van der Waals surface area contributed by atoms with Gasteiger partial charge in [0, 0.05) is 12.1 Å². The van der Waals surface area contributed by atoms with Gasteiger partial charge in [-0.1, -0.05) is 17.7 Å². The fourth-order valence-electron chi connectivity index (χ4n) is 2.86. The molecule has 0 fully saturated rings. The van der Waals surface area contributed by atoms with Gasteiger partial charge in [0.2, 0.25) is 0 Å². The van der Waals surface area contributed by atoms with E-state index in [0.29, 0.717) is 30.2 Å². The van der Waals surface area contributed by atoms with Gasteiger partial charge in [-0.25, -0.2) is 0 Å². The van der Waals surface area contributed by atoms with E-state index in [1.54, 1.807) is 23.1 Å². The number of hydrogen-bond donors (Lipinski definition) is 0. The highest BCUT2D eigenvalue weighted by Crippen LogP contribution is 2.33. The third kappa shape index (κ3) is 4.23. The first-order valence-electron chi connectivity index (χ1n) is 8.82. The number of Topliss-reactive ketones (excluding diaryl/α,β-unsaturated/α-hetero) is 1. The van der Waals surface area contributed by atoms with E-state index in [4.69, 9.17) is 9.47 Å². The first-order chi connectivity index (χ1) is 12.5. The Morgan fingerprint density at radius 2 is 1.92 bits per heavy atom. The molecule has 2 aromatic rings. The van der Waals surface area contributed by atoms with E-state index in [9.17, 15) is 9.59 Å². The van der Waals surface area contributed by atoms with Crippen LogP contribution in [0.4, 0.5) is 5.69 Å². The van der Waals surface area contributed by atoms with Gasteiger partial charge in [0.15, 0.2) is 12.4 Å². The summed E-state index contributed by atoms with van der Waals surface area (Å²) in [6.45, 7) is 4.76. The van der Waals surface area contributed by atoms with E-state index in [0.717, 1.165) is 18.6 Å². The zero-order valence-corrected chi connectivity index (χ0v) is 15.2. The van der Waals surface area contributed by atoms with Crippen molar-refractivity contribution in [2.45, 2.75) is 26.7 Å². The molecule has 0 bridgehead atoms. The van der Waals surface area contributed by atoms with Crippen LogP contribution in [0.25, 0.3) is 0 Å². The van der Waals surface area contributed by atoms with Crippen LogP contribution in [0.2, 0.25) is 0 Å². The van der Waals surface area contributed by atoms with Crippen molar-refractivity contribution in [3.63, 3.8) is 0 Å². The van der Waals surface area contributed by atoms with Gasteiger partial charge in [-0.15, -0.1) is 0 Å². The molecule has 2 aromatic carbocycles. The normalized spacial score (nSPS) is 13.2. The summed E-state index contributed by atoms with van der Waals surface area (Å²) in [5.41, 5.74) is 2.45. The lowest BCUT2D eigenvalue weighted by molar-refractivity contribution is -0.121. The highest BCUT2D eigenvalue weighted by Gasteiger charge is 2.25. The number of ketones is 1. The molecule has 0 radical (unpaired) electrons. The Morgan fingerprint density at radius 3 is 2.65 bits per heavy atom. The predicted octanol–water partition coefficient (Wildman–Crippen LogP) is 3.78. The Morgan fingerprint density at radius 1 is 1.15 bits per heavy atom. The van der Waals surface area contributed by atoms with Crippen molar-refractivity contribution in [3.8, 4) is 11.5 Å². The van der Waals surface area contributed by atoms with Crippen LogP contribution >= 0.6 is 0 Å². The molecule has 5 heteroatoms. The van der Waals surface area contributed by atoms with Crippen LogP contribution in [0.1, 0.15) is 35.7 Å². The standard InChI is InChI=1S/C21H23NO4/c1-15-5-8-18(9-6-15)25-12-4-3-11-22-19-13-17(16(2)23)7-10-20(19)26-14-21(22)24/h5-10,13H,3-4,11-12,14H2,1-2H3. The average Bonchev–Trinajstić information content (AvgIpc) is 2.64. The Hall–Kier alpha value is -2.82. The van der Waals surface area contributed by atoms with E-state index >= 15 is 0 Å². The summed E-state index contributed by atoms with van der Waals surface area (Å²) in [6, 6.07) is 13.2. The number of aryl methyl sites for hydroxylation is 1. The van der Waals surface area contributed by atoms with E-state index in [1.807, 2.05) is 31.2 Å². The maximum Gasteiger partial charge on any atom is 0.265 e. The largest absolute Gasteiger partial charge is 0.494 e. The quantitative estimate of drug-likeness (QED) is 0.561. The summed E-state index contributed by atoms with van der Waals surface area (Å²) in [5, 5.41) is 0. The van der Waals surface area contributed by atoms with Crippen molar-refractivity contribution in [3.05, 3.63) is 53.6 Å². The third-order valence-corrected chi connectivity index (χ3v) is 4.37. The second-order valence-electron chi connectivity index (χ2n) is 6.44. The number of carbonyl (C=O) groups is 2. The van der Waals surface area contributed by atoms with Crippen molar-refractivity contribution in [1.82, 2.24) is 0 Å². The number of rotatable bonds is 7. The van der Waals surface area contributed by atoms with Gasteiger partial charge in [0.05, 0.1) is 12.3 Å². The van der Waals surface area contributed by atoms with Crippen molar-refractivity contribution in [1.29, 1.82) is 0 Å². The first-order valence-corrected chi connectivity index (χ1v) is 8.82. The summed E-state index contributed by atoms with van der Waals surface area (Å²) in [7, 11) is 0. The van der Waals surface area contributed by atoms with Gasteiger partial charge < -0.3 is 14.4 Å². The van der Waals surface area contributed by atoms with Crippen molar-refractivity contribution >= 4 is 17.4 Å². The number of ether oxygens (including phenoxy) is 2. The molecule has 0 N–H and O–H groups in total. The predicted molar refractivity (Wildman–Crippen MR) is 100 cm³/mol. The zero-order valence-electron chi connectivity index (χ0n) is 15.2. The third-order valence-electron chi connectivity index (χ3n) is 4.37. The monoisotopic (exact) mass is 353 g/mol. The van der Waals surface area contributed by atoms with E-state index in [-0.39, 0.29) is 18.3 Å². The Kier molecular flexibility index (Phi) is 5.56. The minimum absolute atomic E-state index is 0.0303. The van der Waals surface area contributed by atoms with Crippen LogP contribution in [0.15, 0.2) is 42.5 Å². The van der Waals surface area contributed by atoms with E-state index in [2.05, 4.69) is 0 Å². The second kappa shape index (κ2) is 8.04. The van der Waals surface area contributed by atoms with Crippen molar-refractivity contribution in [2.75, 3.05) is 24.7 Å². The number of carbonyl (C=O) groups excluding carboxylic acids is 2. The molecule has 1 aliphatic rings. The molecular weight excluding hydrogens is 330 g/mol. The van der Waals surface area contributed by atoms with Crippen LogP contribution in [0, 0.1) is 6.92 Å². The van der Waals surface area contributed by atoms with Gasteiger partial charge in [0.1, 0.15) is 11.5 Å². The average molecular weight is 353 g/mol. The summed E-state index contributed by atoms with van der Waals surface area (Å²) in [4.78, 5) is 25.6.